The first-order valence-electron chi connectivity index (χ1n) is 5.47. The van der Waals surface area contributed by atoms with E-state index in [1.807, 2.05) is 18.2 Å². The number of hydrazine groups is 1. The Bertz CT molecular complexity index is 435. The number of allylic oxidation sites excluding steroid dienone is 1. The summed E-state index contributed by atoms with van der Waals surface area (Å²) in [5.74, 6) is 6.39. The van der Waals surface area contributed by atoms with Crippen molar-refractivity contribution < 1.29 is 4.74 Å². The third-order valence-corrected chi connectivity index (χ3v) is 3.54. The maximum atomic E-state index is 6.18. The fourth-order valence-corrected chi connectivity index (χ4v) is 2.26. The van der Waals surface area contributed by atoms with Crippen LogP contribution in [0.3, 0.4) is 0 Å². The molecule has 92 valence electrons. The van der Waals surface area contributed by atoms with Crippen LogP contribution in [0.4, 0.5) is 0 Å². The van der Waals surface area contributed by atoms with Crippen LogP contribution in [-0.4, -0.2) is 6.61 Å². The van der Waals surface area contributed by atoms with E-state index in [9.17, 15) is 0 Å². The standard InChI is InChI=1S/C12H14Cl2N2O/c13-9-5-3-4-8(11(9)14)12(16-15)10-6-1-2-7-17-10/h3-6,12,16H,1-2,7,15H2. The van der Waals surface area contributed by atoms with E-state index in [0.717, 1.165) is 24.2 Å². The second kappa shape index (κ2) is 5.74. The maximum absolute atomic E-state index is 6.18. The first-order chi connectivity index (χ1) is 8.24. The molecule has 1 heterocycles. The normalized spacial score (nSPS) is 17.2. The summed E-state index contributed by atoms with van der Waals surface area (Å²) in [6, 6.07) is 5.23. The molecule has 0 aromatic heterocycles. The zero-order valence-electron chi connectivity index (χ0n) is 9.25. The number of rotatable bonds is 3. The molecule has 3 N–H and O–H groups in total. The minimum Gasteiger partial charge on any atom is -0.496 e. The molecule has 0 spiro atoms. The number of nitrogens with two attached hydrogens (primary N) is 1. The molecule has 0 saturated heterocycles. The first kappa shape index (κ1) is 12.7. The van der Waals surface area contributed by atoms with Crippen LogP contribution in [0, 0.1) is 0 Å². The van der Waals surface area contributed by atoms with Crippen molar-refractivity contribution in [3.8, 4) is 0 Å². The van der Waals surface area contributed by atoms with E-state index in [1.165, 1.54) is 0 Å². The molecular weight excluding hydrogens is 259 g/mol. The molecule has 1 aliphatic heterocycles. The van der Waals surface area contributed by atoms with E-state index in [4.69, 9.17) is 33.8 Å². The van der Waals surface area contributed by atoms with E-state index in [0.29, 0.717) is 16.7 Å². The van der Waals surface area contributed by atoms with Crippen molar-refractivity contribution in [3.05, 3.63) is 45.6 Å². The Morgan fingerprint density at radius 2 is 2.18 bits per heavy atom. The Morgan fingerprint density at radius 3 is 2.82 bits per heavy atom. The monoisotopic (exact) mass is 272 g/mol. The second-order valence-corrected chi connectivity index (χ2v) is 4.63. The highest BCUT2D eigenvalue weighted by Gasteiger charge is 2.21. The molecular formula is C12H14Cl2N2O. The lowest BCUT2D eigenvalue weighted by Gasteiger charge is -2.24. The number of hydrogen-bond acceptors (Lipinski definition) is 3. The van der Waals surface area contributed by atoms with Gasteiger partial charge >= 0.3 is 0 Å². The van der Waals surface area contributed by atoms with Gasteiger partial charge in [-0.2, -0.15) is 0 Å². The van der Waals surface area contributed by atoms with E-state index < -0.39 is 0 Å². The summed E-state index contributed by atoms with van der Waals surface area (Å²) in [6.45, 7) is 0.711. The van der Waals surface area contributed by atoms with Gasteiger partial charge in [0.05, 0.1) is 16.7 Å². The molecule has 2 rings (SSSR count). The van der Waals surface area contributed by atoms with E-state index in [-0.39, 0.29) is 6.04 Å². The topological polar surface area (TPSA) is 47.3 Å². The molecule has 1 aliphatic rings. The van der Waals surface area contributed by atoms with Gasteiger partial charge in [0.15, 0.2) is 0 Å². The molecule has 3 nitrogen and oxygen atoms in total. The van der Waals surface area contributed by atoms with Gasteiger partial charge in [-0.05, 0) is 30.5 Å². The number of nitrogens with one attached hydrogen (secondary N) is 1. The minimum absolute atomic E-state index is 0.249. The molecule has 0 amide bonds. The Kier molecular flexibility index (Phi) is 4.29. The van der Waals surface area contributed by atoms with E-state index >= 15 is 0 Å². The van der Waals surface area contributed by atoms with Crippen LogP contribution in [0.1, 0.15) is 24.4 Å². The molecule has 1 aromatic carbocycles. The number of ether oxygens (including phenoxy) is 1. The Labute approximate surface area is 111 Å². The van der Waals surface area contributed by atoms with Gasteiger partial charge in [0.1, 0.15) is 11.8 Å². The Hall–Kier alpha value is -0.740. The van der Waals surface area contributed by atoms with Gasteiger partial charge in [0.2, 0.25) is 0 Å². The summed E-state index contributed by atoms with van der Waals surface area (Å²) >= 11 is 12.2. The molecule has 5 heteroatoms. The van der Waals surface area contributed by atoms with Gasteiger partial charge in [-0.15, -0.1) is 0 Å². The predicted molar refractivity (Wildman–Crippen MR) is 69.8 cm³/mol. The third-order valence-electron chi connectivity index (χ3n) is 2.71. The van der Waals surface area contributed by atoms with Crippen LogP contribution in [0.2, 0.25) is 10.0 Å². The predicted octanol–water partition coefficient (Wildman–Crippen LogP) is 3.19. The van der Waals surface area contributed by atoms with Crippen molar-refractivity contribution in [1.82, 2.24) is 5.43 Å². The Balaban J connectivity index is 2.34. The van der Waals surface area contributed by atoms with Gasteiger partial charge in [-0.3, -0.25) is 5.84 Å². The van der Waals surface area contributed by atoms with Crippen LogP contribution in [-0.2, 0) is 4.74 Å². The average molecular weight is 273 g/mol. The zero-order chi connectivity index (χ0) is 12.3. The van der Waals surface area contributed by atoms with E-state index in [1.54, 1.807) is 6.07 Å². The van der Waals surface area contributed by atoms with Crippen LogP contribution < -0.4 is 11.3 Å². The molecule has 0 bridgehead atoms. The summed E-state index contributed by atoms with van der Waals surface area (Å²) < 4.78 is 5.60. The molecule has 1 aromatic rings. The lowest BCUT2D eigenvalue weighted by atomic mass is 10.0. The van der Waals surface area contributed by atoms with Crippen molar-refractivity contribution >= 4 is 23.2 Å². The zero-order valence-corrected chi connectivity index (χ0v) is 10.8. The molecule has 17 heavy (non-hydrogen) atoms. The average Bonchev–Trinajstić information content (AvgIpc) is 2.37. The van der Waals surface area contributed by atoms with Crippen LogP contribution >= 0.6 is 23.2 Å². The largest absolute Gasteiger partial charge is 0.496 e. The Morgan fingerprint density at radius 1 is 1.35 bits per heavy atom. The number of halogens is 2. The molecule has 0 aliphatic carbocycles. The van der Waals surface area contributed by atoms with Crippen molar-refractivity contribution in [2.75, 3.05) is 6.61 Å². The minimum atomic E-state index is -0.249. The van der Waals surface area contributed by atoms with Crippen molar-refractivity contribution in [2.24, 2.45) is 5.84 Å². The van der Waals surface area contributed by atoms with Crippen LogP contribution in [0.15, 0.2) is 30.0 Å². The fourth-order valence-electron chi connectivity index (χ4n) is 1.85. The van der Waals surface area contributed by atoms with Crippen molar-refractivity contribution in [1.29, 1.82) is 0 Å². The summed E-state index contributed by atoms with van der Waals surface area (Å²) in [5.41, 5.74) is 3.55. The van der Waals surface area contributed by atoms with Gasteiger partial charge in [0, 0.05) is 0 Å². The SMILES string of the molecule is NNC(C1=CCCCO1)c1cccc(Cl)c1Cl. The maximum Gasteiger partial charge on any atom is 0.115 e. The number of benzene rings is 1. The molecule has 0 fully saturated rings. The molecule has 1 unspecified atom stereocenters. The van der Waals surface area contributed by atoms with E-state index in [2.05, 4.69) is 5.43 Å². The van der Waals surface area contributed by atoms with Crippen molar-refractivity contribution in [2.45, 2.75) is 18.9 Å². The molecule has 0 saturated carbocycles. The number of hydrogen-bond donors (Lipinski definition) is 2. The highest BCUT2D eigenvalue weighted by atomic mass is 35.5. The summed E-state index contributed by atoms with van der Waals surface area (Å²) in [6.07, 6.45) is 4.06. The lowest BCUT2D eigenvalue weighted by molar-refractivity contribution is 0.168. The fraction of sp³-hybridized carbons (Fsp3) is 0.333. The highest BCUT2D eigenvalue weighted by Crippen LogP contribution is 2.34. The molecule has 0 radical (unpaired) electrons. The van der Waals surface area contributed by atoms with Gasteiger partial charge in [-0.1, -0.05) is 35.3 Å². The van der Waals surface area contributed by atoms with Crippen LogP contribution in [0.25, 0.3) is 0 Å². The summed E-state index contributed by atoms with van der Waals surface area (Å²) in [4.78, 5) is 0. The lowest BCUT2D eigenvalue weighted by Crippen LogP contribution is -2.31. The third kappa shape index (κ3) is 2.75. The van der Waals surface area contributed by atoms with Crippen LogP contribution in [0.5, 0.6) is 0 Å². The molecule has 1 atom stereocenters. The highest BCUT2D eigenvalue weighted by molar-refractivity contribution is 6.42. The smallest absolute Gasteiger partial charge is 0.115 e. The van der Waals surface area contributed by atoms with Gasteiger partial charge < -0.3 is 4.74 Å². The summed E-state index contributed by atoms with van der Waals surface area (Å²) in [5, 5.41) is 1.02. The van der Waals surface area contributed by atoms with Gasteiger partial charge in [0.25, 0.3) is 0 Å². The van der Waals surface area contributed by atoms with Crippen molar-refractivity contribution in [3.63, 3.8) is 0 Å². The van der Waals surface area contributed by atoms with Gasteiger partial charge in [-0.25, -0.2) is 5.43 Å². The summed E-state index contributed by atoms with van der Waals surface area (Å²) in [7, 11) is 0. The second-order valence-electron chi connectivity index (χ2n) is 3.84. The first-order valence-corrected chi connectivity index (χ1v) is 6.22. The quantitative estimate of drug-likeness (QED) is 0.656.